The van der Waals surface area contributed by atoms with Crippen molar-refractivity contribution in [2.45, 2.75) is 37.6 Å². The number of aryl methyl sites for hydroxylation is 1. The summed E-state index contributed by atoms with van der Waals surface area (Å²) in [5.41, 5.74) is 2.93. The monoisotopic (exact) mass is 284 g/mol. The van der Waals surface area contributed by atoms with Crippen LogP contribution in [0.3, 0.4) is 0 Å². The van der Waals surface area contributed by atoms with E-state index in [9.17, 15) is 4.79 Å². The second-order valence-electron chi connectivity index (χ2n) is 6.86. The van der Waals surface area contributed by atoms with Gasteiger partial charge in [-0.3, -0.25) is 4.79 Å². The van der Waals surface area contributed by atoms with Crippen LogP contribution in [0.5, 0.6) is 0 Å². The van der Waals surface area contributed by atoms with Crippen molar-refractivity contribution in [1.29, 1.82) is 0 Å². The number of piperidine rings is 1. The molecule has 0 bridgehead atoms. The maximum atomic E-state index is 12.9. The lowest BCUT2D eigenvalue weighted by Gasteiger charge is -2.33. The minimum absolute atomic E-state index is 0.268. The van der Waals surface area contributed by atoms with E-state index in [1.807, 2.05) is 7.05 Å². The van der Waals surface area contributed by atoms with Gasteiger partial charge < -0.3 is 10.2 Å². The molecule has 0 spiro atoms. The maximum absolute atomic E-state index is 12.9. The van der Waals surface area contributed by atoms with E-state index >= 15 is 0 Å². The highest BCUT2D eigenvalue weighted by atomic mass is 16.2. The van der Waals surface area contributed by atoms with Gasteiger partial charge in [-0.05, 0) is 55.7 Å². The first-order chi connectivity index (χ1) is 10.3. The van der Waals surface area contributed by atoms with Crippen molar-refractivity contribution in [1.82, 2.24) is 10.2 Å². The molecule has 1 aromatic carbocycles. The Morgan fingerprint density at radius 2 is 2.14 bits per heavy atom. The molecular formula is C18H24N2O. The molecule has 2 aliphatic carbocycles. The van der Waals surface area contributed by atoms with Crippen LogP contribution in [0.25, 0.3) is 0 Å². The van der Waals surface area contributed by atoms with Gasteiger partial charge in [0.25, 0.3) is 0 Å². The maximum Gasteiger partial charge on any atom is 0.226 e. The zero-order valence-corrected chi connectivity index (χ0v) is 12.7. The summed E-state index contributed by atoms with van der Waals surface area (Å²) in [4.78, 5) is 15.0. The van der Waals surface area contributed by atoms with Gasteiger partial charge >= 0.3 is 0 Å². The second kappa shape index (κ2) is 5.13. The standard InChI is InChI=1S/C18H24N2O/c1-19-13-6-4-10-20(11-13)18(21)17-15-9-8-12-5-2-3-7-14(12)16(15)17/h2-3,5,7,13,15-17,19H,4,6,8-11H2,1H3. The molecule has 1 aromatic rings. The first-order valence-corrected chi connectivity index (χ1v) is 8.33. The van der Waals surface area contributed by atoms with Crippen LogP contribution in [-0.4, -0.2) is 37.0 Å². The van der Waals surface area contributed by atoms with Gasteiger partial charge in [0.15, 0.2) is 0 Å². The van der Waals surface area contributed by atoms with Crippen molar-refractivity contribution in [3.8, 4) is 0 Å². The number of carbonyl (C=O) groups is 1. The van der Waals surface area contributed by atoms with Gasteiger partial charge in [-0.15, -0.1) is 0 Å². The number of likely N-dealkylation sites (N-methyl/N-ethyl adjacent to an activating group) is 1. The SMILES string of the molecule is CNC1CCCN(C(=O)C2C3CCc4ccccc4C32)C1. The van der Waals surface area contributed by atoms with Gasteiger partial charge in [-0.25, -0.2) is 0 Å². The van der Waals surface area contributed by atoms with Crippen molar-refractivity contribution >= 4 is 5.91 Å². The highest BCUT2D eigenvalue weighted by Gasteiger charge is 2.58. The number of fused-ring (bicyclic) bond motifs is 3. The summed E-state index contributed by atoms with van der Waals surface area (Å²) in [5, 5.41) is 3.33. The lowest BCUT2D eigenvalue weighted by atomic mass is 9.92. The Morgan fingerprint density at radius 3 is 3.00 bits per heavy atom. The summed E-state index contributed by atoms with van der Waals surface area (Å²) in [6.45, 7) is 1.85. The van der Waals surface area contributed by atoms with Gasteiger partial charge in [-0.2, -0.15) is 0 Å². The van der Waals surface area contributed by atoms with Crippen LogP contribution in [0.4, 0.5) is 0 Å². The van der Waals surface area contributed by atoms with Crippen molar-refractivity contribution in [3.63, 3.8) is 0 Å². The molecule has 0 aromatic heterocycles. The van der Waals surface area contributed by atoms with Crippen molar-refractivity contribution < 1.29 is 4.79 Å². The first kappa shape index (κ1) is 13.3. The number of benzene rings is 1. The van der Waals surface area contributed by atoms with Gasteiger partial charge in [0.1, 0.15) is 0 Å². The number of hydrogen-bond acceptors (Lipinski definition) is 2. The van der Waals surface area contributed by atoms with E-state index in [1.165, 1.54) is 24.0 Å². The predicted molar refractivity (Wildman–Crippen MR) is 83.1 cm³/mol. The van der Waals surface area contributed by atoms with E-state index in [1.54, 1.807) is 0 Å². The molecule has 4 rings (SSSR count). The lowest BCUT2D eigenvalue weighted by molar-refractivity contribution is -0.134. The predicted octanol–water partition coefficient (Wildman–Crippen LogP) is 2.17. The Hall–Kier alpha value is -1.35. The minimum Gasteiger partial charge on any atom is -0.341 e. The van der Waals surface area contributed by atoms with E-state index in [2.05, 4.69) is 34.5 Å². The topological polar surface area (TPSA) is 32.3 Å². The summed E-state index contributed by atoms with van der Waals surface area (Å²) in [6, 6.07) is 9.21. The highest BCUT2D eigenvalue weighted by molar-refractivity contribution is 5.84. The molecule has 1 heterocycles. The van der Waals surface area contributed by atoms with Crippen LogP contribution in [0.1, 0.15) is 36.3 Å². The van der Waals surface area contributed by atoms with E-state index in [4.69, 9.17) is 0 Å². The summed E-state index contributed by atoms with van der Waals surface area (Å²) < 4.78 is 0. The molecule has 1 saturated carbocycles. The summed E-state index contributed by atoms with van der Waals surface area (Å²) >= 11 is 0. The molecule has 112 valence electrons. The van der Waals surface area contributed by atoms with E-state index in [0.717, 1.165) is 25.9 Å². The Bertz CT molecular complexity index is 556. The molecule has 0 radical (unpaired) electrons. The third-order valence-electron chi connectivity index (χ3n) is 5.76. The Labute approximate surface area is 126 Å². The Balaban J connectivity index is 1.50. The van der Waals surface area contributed by atoms with Crippen LogP contribution >= 0.6 is 0 Å². The summed E-state index contributed by atoms with van der Waals surface area (Å²) in [7, 11) is 2.01. The molecule has 1 N–H and O–H groups in total. The molecule has 21 heavy (non-hydrogen) atoms. The van der Waals surface area contributed by atoms with Gasteiger partial charge in [0.05, 0.1) is 0 Å². The molecule has 3 aliphatic rings. The number of hydrogen-bond donors (Lipinski definition) is 1. The average molecular weight is 284 g/mol. The van der Waals surface area contributed by atoms with Crippen LogP contribution in [0.2, 0.25) is 0 Å². The average Bonchev–Trinajstić information content (AvgIpc) is 3.29. The van der Waals surface area contributed by atoms with Crippen LogP contribution in [-0.2, 0) is 11.2 Å². The van der Waals surface area contributed by atoms with Crippen molar-refractivity contribution in [2.75, 3.05) is 20.1 Å². The molecule has 1 amide bonds. The molecule has 4 atom stereocenters. The molecule has 3 nitrogen and oxygen atoms in total. The second-order valence-corrected chi connectivity index (χ2v) is 6.86. The fraction of sp³-hybridized carbons (Fsp3) is 0.611. The zero-order valence-electron chi connectivity index (χ0n) is 12.7. The fourth-order valence-electron chi connectivity index (χ4n) is 4.53. The zero-order chi connectivity index (χ0) is 14.4. The Kier molecular flexibility index (Phi) is 3.26. The Morgan fingerprint density at radius 1 is 1.29 bits per heavy atom. The minimum atomic E-state index is 0.268. The molecule has 1 saturated heterocycles. The van der Waals surface area contributed by atoms with E-state index in [0.29, 0.717) is 23.8 Å². The van der Waals surface area contributed by atoms with Crippen molar-refractivity contribution in [3.05, 3.63) is 35.4 Å². The number of nitrogens with one attached hydrogen (secondary N) is 1. The normalized spacial score (nSPS) is 34.0. The fourth-order valence-corrected chi connectivity index (χ4v) is 4.53. The summed E-state index contributed by atoms with van der Waals surface area (Å²) in [5.74, 6) is 1.81. The third kappa shape index (κ3) is 2.18. The van der Waals surface area contributed by atoms with Crippen LogP contribution in [0.15, 0.2) is 24.3 Å². The molecule has 1 aliphatic heterocycles. The molecule has 4 unspecified atom stereocenters. The lowest BCUT2D eigenvalue weighted by Crippen LogP contribution is -2.47. The number of amides is 1. The quantitative estimate of drug-likeness (QED) is 0.903. The number of likely N-dealkylation sites (tertiary alicyclic amines) is 1. The highest BCUT2D eigenvalue weighted by Crippen LogP contribution is 2.60. The largest absolute Gasteiger partial charge is 0.341 e. The number of carbonyl (C=O) groups excluding carboxylic acids is 1. The number of nitrogens with zero attached hydrogens (tertiary/aromatic N) is 1. The van der Waals surface area contributed by atoms with Gasteiger partial charge in [-0.1, -0.05) is 24.3 Å². The molecule has 3 heteroatoms. The summed E-state index contributed by atoms with van der Waals surface area (Å²) in [6.07, 6.45) is 4.68. The van der Waals surface area contributed by atoms with Crippen molar-refractivity contribution in [2.24, 2.45) is 11.8 Å². The van der Waals surface area contributed by atoms with E-state index < -0.39 is 0 Å². The van der Waals surface area contributed by atoms with Crippen LogP contribution in [0, 0.1) is 11.8 Å². The van der Waals surface area contributed by atoms with E-state index in [-0.39, 0.29) is 5.92 Å². The van der Waals surface area contributed by atoms with Crippen LogP contribution < -0.4 is 5.32 Å². The van der Waals surface area contributed by atoms with Gasteiger partial charge in [0.2, 0.25) is 5.91 Å². The molecular weight excluding hydrogens is 260 g/mol. The first-order valence-electron chi connectivity index (χ1n) is 8.33. The number of rotatable bonds is 2. The molecule has 2 fully saturated rings. The smallest absolute Gasteiger partial charge is 0.226 e. The third-order valence-corrected chi connectivity index (χ3v) is 5.76. The van der Waals surface area contributed by atoms with Gasteiger partial charge in [0, 0.05) is 25.0 Å².